The van der Waals surface area contributed by atoms with Crippen LogP contribution in [-0.2, 0) is 0 Å². The molecule has 3 unspecified atom stereocenters. The number of hydrogen-bond donors (Lipinski definition) is 1. The van der Waals surface area contributed by atoms with Gasteiger partial charge < -0.3 is 5.32 Å². The summed E-state index contributed by atoms with van der Waals surface area (Å²) in [5.74, 6) is 0.0552. The summed E-state index contributed by atoms with van der Waals surface area (Å²) in [4.78, 5) is 0. The van der Waals surface area contributed by atoms with Crippen LogP contribution in [0.1, 0.15) is 57.6 Å². The highest BCUT2D eigenvalue weighted by Gasteiger charge is 2.34. The molecule has 1 nitrogen and oxygen atoms in total. The minimum Gasteiger partial charge on any atom is -0.310 e. The average molecular weight is 281 g/mol. The van der Waals surface area contributed by atoms with Crippen LogP contribution < -0.4 is 5.32 Å². The van der Waals surface area contributed by atoms with E-state index in [1.165, 1.54) is 37.5 Å². The molecule has 20 heavy (non-hydrogen) atoms. The van der Waals surface area contributed by atoms with E-state index in [1.807, 2.05) is 6.92 Å². The van der Waals surface area contributed by atoms with Crippen molar-refractivity contribution in [1.29, 1.82) is 0 Å². The van der Waals surface area contributed by atoms with E-state index in [-0.39, 0.29) is 11.6 Å². The molecule has 0 radical (unpaired) electrons. The van der Waals surface area contributed by atoms with Crippen LogP contribution in [-0.4, -0.2) is 6.54 Å². The quantitative estimate of drug-likeness (QED) is 0.815. The standard InChI is InChI=1S/C17H25F2N/c1-3-12-8-5-6-9-13(12)17(20-4-2)16-14(18)10-7-11-15(16)19/h7,10-13,17,20H,3-6,8-9H2,1-2H3. The van der Waals surface area contributed by atoms with Crippen molar-refractivity contribution in [2.45, 2.75) is 52.0 Å². The van der Waals surface area contributed by atoms with Crippen LogP contribution in [0, 0.1) is 23.5 Å². The van der Waals surface area contributed by atoms with Crippen LogP contribution in [0.25, 0.3) is 0 Å². The third-order valence-corrected chi connectivity index (χ3v) is 4.66. The van der Waals surface area contributed by atoms with Crippen molar-refractivity contribution in [2.75, 3.05) is 6.54 Å². The van der Waals surface area contributed by atoms with Gasteiger partial charge in [0.2, 0.25) is 0 Å². The lowest BCUT2D eigenvalue weighted by molar-refractivity contribution is 0.172. The summed E-state index contributed by atoms with van der Waals surface area (Å²) >= 11 is 0. The van der Waals surface area contributed by atoms with E-state index in [4.69, 9.17) is 0 Å². The Morgan fingerprint density at radius 1 is 1.15 bits per heavy atom. The molecule has 2 rings (SSSR count). The molecular formula is C17H25F2N. The Labute approximate surface area is 120 Å². The topological polar surface area (TPSA) is 12.0 Å². The molecule has 1 aromatic rings. The Morgan fingerprint density at radius 2 is 1.80 bits per heavy atom. The summed E-state index contributed by atoms with van der Waals surface area (Å²) in [6.07, 6.45) is 5.73. The molecule has 0 amide bonds. The molecule has 0 heterocycles. The Bertz CT molecular complexity index is 413. The molecule has 0 aliphatic heterocycles. The van der Waals surface area contributed by atoms with Gasteiger partial charge in [0.1, 0.15) is 11.6 Å². The molecule has 112 valence electrons. The van der Waals surface area contributed by atoms with Crippen LogP contribution in [0.2, 0.25) is 0 Å². The molecule has 0 bridgehead atoms. The maximum atomic E-state index is 14.1. The Kier molecular flexibility index (Phi) is 5.53. The Morgan fingerprint density at radius 3 is 2.40 bits per heavy atom. The molecule has 1 saturated carbocycles. The van der Waals surface area contributed by atoms with Gasteiger partial charge in [-0.25, -0.2) is 8.78 Å². The van der Waals surface area contributed by atoms with Gasteiger partial charge in [0, 0.05) is 11.6 Å². The molecule has 0 aromatic heterocycles. The van der Waals surface area contributed by atoms with Crippen LogP contribution >= 0.6 is 0 Å². The van der Waals surface area contributed by atoms with Crippen LogP contribution in [0.3, 0.4) is 0 Å². The molecule has 3 atom stereocenters. The van der Waals surface area contributed by atoms with E-state index in [0.717, 1.165) is 19.4 Å². The van der Waals surface area contributed by atoms with Gasteiger partial charge in [-0.1, -0.05) is 45.6 Å². The molecular weight excluding hydrogens is 256 g/mol. The third kappa shape index (κ3) is 3.20. The zero-order chi connectivity index (χ0) is 14.5. The molecule has 1 aliphatic carbocycles. The van der Waals surface area contributed by atoms with Crippen LogP contribution in [0.5, 0.6) is 0 Å². The normalized spacial score (nSPS) is 24.6. The van der Waals surface area contributed by atoms with Gasteiger partial charge in [-0.05, 0) is 36.9 Å². The second kappa shape index (κ2) is 7.16. The predicted molar refractivity (Wildman–Crippen MR) is 78.5 cm³/mol. The fraction of sp³-hybridized carbons (Fsp3) is 0.647. The van der Waals surface area contributed by atoms with Gasteiger partial charge in [0.25, 0.3) is 0 Å². The minimum absolute atomic E-state index is 0.202. The fourth-order valence-electron chi connectivity index (χ4n) is 3.68. The van der Waals surface area contributed by atoms with Gasteiger partial charge in [0.15, 0.2) is 0 Å². The summed E-state index contributed by atoms with van der Waals surface area (Å²) in [5.41, 5.74) is 0.236. The number of rotatable bonds is 5. The maximum absolute atomic E-state index is 14.1. The van der Waals surface area contributed by atoms with Crippen molar-refractivity contribution in [3.05, 3.63) is 35.4 Å². The van der Waals surface area contributed by atoms with Crippen LogP contribution in [0.4, 0.5) is 8.78 Å². The van der Waals surface area contributed by atoms with Crippen molar-refractivity contribution < 1.29 is 8.78 Å². The molecule has 1 aliphatic rings. The maximum Gasteiger partial charge on any atom is 0.130 e. The summed E-state index contributed by atoms with van der Waals surface area (Å²) in [6.45, 7) is 4.91. The largest absolute Gasteiger partial charge is 0.310 e. The number of nitrogens with one attached hydrogen (secondary N) is 1. The summed E-state index contributed by atoms with van der Waals surface area (Å²) in [7, 11) is 0. The lowest BCUT2D eigenvalue weighted by Crippen LogP contribution is -2.35. The first-order valence-corrected chi connectivity index (χ1v) is 7.86. The van der Waals surface area contributed by atoms with Crippen molar-refractivity contribution in [3.63, 3.8) is 0 Å². The zero-order valence-electron chi connectivity index (χ0n) is 12.5. The third-order valence-electron chi connectivity index (χ3n) is 4.66. The van der Waals surface area contributed by atoms with Crippen molar-refractivity contribution >= 4 is 0 Å². The van der Waals surface area contributed by atoms with E-state index in [2.05, 4.69) is 12.2 Å². The molecule has 1 fully saturated rings. The van der Waals surface area contributed by atoms with E-state index < -0.39 is 11.6 Å². The lowest BCUT2D eigenvalue weighted by Gasteiger charge is -2.37. The molecule has 0 spiro atoms. The molecule has 3 heteroatoms. The highest BCUT2D eigenvalue weighted by Crippen LogP contribution is 2.41. The summed E-state index contributed by atoms with van der Waals surface area (Å²) in [6, 6.07) is 3.97. The Hall–Kier alpha value is -0.960. The average Bonchev–Trinajstić information content (AvgIpc) is 2.46. The minimum atomic E-state index is -0.420. The second-order valence-electron chi connectivity index (χ2n) is 5.79. The zero-order valence-corrected chi connectivity index (χ0v) is 12.5. The van der Waals surface area contributed by atoms with Crippen molar-refractivity contribution in [2.24, 2.45) is 11.8 Å². The SMILES string of the molecule is CCNC(c1c(F)cccc1F)C1CCCCC1CC. The molecule has 1 N–H and O–H groups in total. The number of benzene rings is 1. The van der Waals surface area contributed by atoms with Gasteiger partial charge >= 0.3 is 0 Å². The van der Waals surface area contributed by atoms with Gasteiger partial charge in [0.05, 0.1) is 0 Å². The first-order valence-electron chi connectivity index (χ1n) is 7.86. The number of hydrogen-bond acceptors (Lipinski definition) is 1. The van der Waals surface area contributed by atoms with Crippen molar-refractivity contribution in [1.82, 2.24) is 5.32 Å². The summed E-state index contributed by atoms with van der Waals surface area (Å²) < 4.78 is 28.3. The molecule has 0 saturated heterocycles. The van der Waals surface area contributed by atoms with Crippen LogP contribution in [0.15, 0.2) is 18.2 Å². The van der Waals surface area contributed by atoms with E-state index >= 15 is 0 Å². The highest BCUT2D eigenvalue weighted by molar-refractivity contribution is 5.24. The first kappa shape index (κ1) is 15.4. The smallest absolute Gasteiger partial charge is 0.130 e. The summed E-state index contributed by atoms with van der Waals surface area (Å²) in [5, 5.41) is 3.33. The fourth-order valence-corrected chi connectivity index (χ4v) is 3.68. The van der Waals surface area contributed by atoms with Gasteiger partial charge in [-0.3, -0.25) is 0 Å². The van der Waals surface area contributed by atoms with Gasteiger partial charge in [-0.15, -0.1) is 0 Å². The van der Waals surface area contributed by atoms with Gasteiger partial charge in [-0.2, -0.15) is 0 Å². The van der Waals surface area contributed by atoms with Crippen molar-refractivity contribution in [3.8, 4) is 0 Å². The second-order valence-corrected chi connectivity index (χ2v) is 5.79. The lowest BCUT2D eigenvalue weighted by atomic mass is 9.72. The molecule has 1 aromatic carbocycles. The first-order chi connectivity index (χ1) is 9.69. The Balaban J connectivity index is 2.34. The monoisotopic (exact) mass is 281 g/mol. The predicted octanol–water partition coefficient (Wildman–Crippen LogP) is 4.83. The van der Waals surface area contributed by atoms with E-state index in [0.29, 0.717) is 11.8 Å². The van der Waals surface area contributed by atoms with E-state index in [1.54, 1.807) is 0 Å². The van der Waals surface area contributed by atoms with E-state index in [9.17, 15) is 8.78 Å². The number of halogens is 2. The highest BCUT2D eigenvalue weighted by atomic mass is 19.1.